The molecule has 1 fully saturated rings. The van der Waals surface area contributed by atoms with E-state index in [1.165, 1.54) is 12.5 Å². The van der Waals surface area contributed by atoms with Crippen LogP contribution in [-0.2, 0) is 22.6 Å². The molecule has 28 heavy (non-hydrogen) atoms. The number of nitrogens with zero attached hydrogens (tertiary/aromatic N) is 1. The highest BCUT2D eigenvalue weighted by molar-refractivity contribution is 5.92. The molecule has 3 N–H and O–H groups in total. The Balaban J connectivity index is 1.50. The lowest BCUT2D eigenvalue weighted by atomic mass is 10.1. The molecule has 2 aromatic carbocycles. The third kappa shape index (κ3) is 6.37. The molecule has 0 radical (unpaired) electrons. The van der Waals surface area contributed by atoms with Gasteiger partial charge in [0, 0.05) is 44.5 Å². The third-order valence-corrected chi connectivity index (χ3v) is 4.40. The molecule has 148 valence electrons. The molecule has 1 aliphatic rings. The SMILES string of the molecule is CC(=O)Nc1cccc(NC(=O)NCc2cccc(CN3CCOCC3)c2)c1. The van der Waals surface area contributed by atoms with E-state index in [0.717, 1.165) is 38.4 Å². The molecule has 0 bridgehead atoms. The van der Waals surface area contributed by atoms with Crippen molar-refractivity contribution in [1.29, 1.82) is 0 Å². The molecule has 0 aromatic heterocycles. The van der Waals surface area contributed by atoms with E-state index >= 15 is 0 Å². The number of morpholine rings is 1. The average Bonchev–Trinajstić information content (AvgIpc) is 2.67. The highest BCUT2D eigenvalue weighted by Crippen LogP contribution is 2.15. The number of carbonyl (C=O) groups is 2. The molecule has 0 unspecified atom stereocenters. The second kappa shape index (κ2) is 9.87. The lowest BCUT2D eigenvalue weighted by molar-refractivity contribution is -0.114. The molecule has 0 aliphatic carbocycles. The lowest BCUT2D eigenvalue weighted by Gasteiger charge is -2.26. The van der Waals surface area contributed by atoms with Gasteiger partial charge in [-0.15, -0.1) is 0 Å². The van der Waals surface area contributed by atoms with Crippen LogP contribution in [0.5, 0.6) is 0 Å². The molecule has 0 saturated carbocycles. The fourth-order valence-corrected chi connectivity index (χ4v) is 3.09. The molecule has 7 heteroatoms. The van der Waals surface area contributed by atoms with Crippen LogP contribution in [0.3, 0.4) is 0 Å². The van der Waals surface area contributed by atoms with E-state index in [-0.39, 0.29) is 11.9 Å². The Bertz CT molecular complexity index is 819. The number of hydrogen-bond acceptors (Lipinski definition) is 4. The zero-order valence-electron chi connectivity index (χ0n) is 16.0. The fraction of sp³-hybridized carbons (Fsp3) is 0.333. The smallest absolute Gasteiger partial charge is 0.319 e. The minimum absolute atomic E-state index is 0.154. The van der Waals surface area contributed by atoms with Crippen molar-refractivity contribution >= 4 is 23.3 Å². The van der Waals surface area contributed by atoms with Crippen molar-refractivity contribution < 1.29 is 14.3 Å². The summed E-state index contributed by atoms with van der Waals surface area (Å²) in [6.45, 7) is 6.23. The van der Waals surface area contributed by atoms with E-state index in [1.54, 1.807) is 24.3 Å². The minimum atomic E-state index is -0.293. The van der Waals surface area contributed by atoms with Crippen molar-refractivity contribution in [2.75, 3.05) is 36.9 Å². The van der Waals surface area contributed by atoms with Gasteiger partial charge in [0.25, 0.3) is 0 Å². The summed E-state index contributed by atoms with van der Waals surface area (Å²) in [6.07, 6.45) is 0. The summed E-state index contributed by atoms with van der Waals surface area (Å²) in [7, 11) is 0. The van der Waals surface area contributed by atoms with Crippen molar-refractivity contribution in [3.8, 4) is 0 Å². The highest BCUT2D eigenvalue weighted by atomic mass is 16.5. The van der Waals surface area contributed by atoms with Crippen molar-refractivity contribution in [3.05, 3.63) is 59.7 Å². The maximum absolute atomic E-state index is 12.2. The van der Waals surface area contributed by atoms with Gasteiger partial charge in [-0.25, -0.2) is 4.79 Å². The Kier molecular flexibility index (Phi) is 7.00. The summed E-state index contributed by atoms with van der Waals surface area (Å²) in [6, 6.07) is 15.0. The van der Waals surface area contributed by atoms with Crippen molar-refractivity contribution in [3.63, 3.8) is 0 Å². The van der Waals surface area contributed by atoms with Crippen LogP contribution in [0, 0.1) is 0 Å². The standard InChI is InChI=1S/C21H26N4O3/c1-16(26)23-19-6-3-7-20(13-19)24-21(27)22-14-17-4-2-5-18(12-17)15-25-8-10-28-11-9-25/h2-7,12-13H,8-11,14-15H2,1H3,(H,23,26)(H2,22,24,27). The molecule has 7 nitrogen and oxygen atoms in total. The van der Waals surface area contributed by atoms with E-state index in [1.807, 2.05) is 12.1 Å². The number of ether oxygens (including phenoxy) is 1. The topological polar surface area (TPSA) is 82.7 Å². The Morgan fingerprint density at radius 2 is 1.64 bits per heavy atom. The van der Waals surface area contributed by atoms with E-state index in [9.17, 15) is 9.59 Å². The van der Waals surface area contributed by atoms with Gasteiger partial charge in [0.15, 0.2) is 0 Å². The third-order valence-electron chi connectivity index (χ3n) is 4.40. The molecule has 1 saturated heterocycles. The molecule has 0 spiro atoms. The number of rotatable bonds is 6. The number of anilines is 2. The molecular formula is C21H26N4O3. The maximum Gasteiger partial charge on any atom is 0.319 e. The average molecular weight is 382 g/mol. The second-order valence-corrected chi connectivity index (χ2v) is 6.78. The summed E-state index contributed by atoms with van der Waals surface area (Å²) in [5.74, 6) is -0.154. The van der Waals surface area contributed by atoms with E-state index < -0.39 is 0 Å². The van der Waals surface area contributed by atoms with Gasteiger partial charge in [-0.05, 0) is 29.3 Å². The summed E-state index contributed by atoms with van der Waals surface area (Å²) in [4.78, 5) is 25.7. The fourth-order valence-electron chi connectivity index (χ4n) is 3.09. The molecule has 1 aliphatic heterocycles. The molecular weight excluding hydrogens is 356 g/mol. The Hall–Kier alpha value is -2.90. The van der Waals surface area contributed by atoms with Crippen LogP contribution in [0.25, 0.3) is 0 Å². The summed E-state index contributed by atoms with van der Waals surface area (Å²) in [5, 5.41) is 8.34. The lowest BCUT2D eigenvalue weighted by Crippen LogP contribution is -2.35. The van der Waals surface area contributed by atoms with Gasteiger partial charge < -0.3 is 20.7 Å². The second-order valence-electron chi connectivity index (χ2n) is 6.78. The first kappa shape index (κ1) is 19.9. The van der Waals surface area contributed by atoms with E-state index in [2.05, 4.69) is 33.0 Å². The van der Waals surface area contributed by atoms with Crippen LogP contribution in [0.2, 0.25) is 0 Å². The molecule has 2 aromatic rings. The quantitative estimate of drug-likeness (QED) is 0.717. The molecule has 1 heterocycles. The largest absolute Gasteiger partial charge is 0.379 e. The van der Waals surface area contributed by atoms with Gasteiger partial charge >= 0.3 is 6.03 Å². The van der Waals surface area contributed by atoms with Crippen molar-refractivity contribution in [2.24, 2.45) is 0 Å². The predicted octanol–water partition coefficient (Wildman–Crippen LogP) is 2.80. The number of carbonyl (C=O) groups excluding carboxylic acids is 2. The Morgan fingerprint density at radius 1 is 0.964 bits per heavy atom. The van der Waals surface area contributed by atoms with E-state index in [0.29, 0.717) is 17.9 Å². The van der Waals surface area contributed by atoms with Gasteiger partial charge in [-0.1, -0.05) is 30.3 Å². The van der Waals surface area contributed by atoms with Gasteiger partial charge in [0.1, 0.15) is 0 Å². The Morgan fingerprint density at radius 3 is 2.39 bits per heavy atom. The molecule has 3 amide bonds. The molecule has 3 rings (SSSR count). The van der Waals surface area contributed by atoms with Crippen LogP contribution in [0.1, 0.15) is 18.1 Å². The number of amides is 3. The zero-order valence-corrected chi connectivity index (χ0v) is 16.0. The summed E-state index contributed by atoms with van der Waals surface area (Å²) in [5.41, 5.74) is 3.53. The Labute approximate surface area is 165 Å². The van der Waals surface area contributed by atoms with Gasteiger partial charge in [-0.3, -0.25) is 9.69 Å². The van der Waals surface area contributed by atoms with Gasteiger partial charge in [0.05, 0.1) is 13.2 Å². The first-order chi connectivity index (χ1) is 13.6. The first-order valence-corrected chi connectivity index (χ1v) is 9.39. The van der Waals surface area contributed by atoms with Crippen LogP contribution < -0.4 is 16.0 Å². The van der Waals surface area contributed by atoms with Crippen molar-refractivity contribution in [1.82, 2.24) is 10.2 Å². The van der Waals surface area contributed by atoms with E-state index in [4.69, 9.17) is 4.74 Å². The minimum Gasteiger partial charge on any atom is -0.379 e. The monoisotopic (exact) mass is 382 g/mol. The van der Waals surface area contributed by atoms with Crippen LogP contribution in [0.4, 0.5) is 16.2 Å². The summed E-state index contributed by atoms with van der Waals surface area (Å²) < 4.78 is 5.38. The van der Waals surface area contributed by atoms with Crippen LogP contribution in [0.15, 0.2) is 48.5 Å². The number of hydrogen-bond donors (Lipinski definition) is 3. The molecule has 0 atom stereocenters. The van der Waals surface area contributed by atoms with Gasteiger partial charge in [0.2, 0.25) is 5.91 Å². The van der Waals surface area contributed by atoms with Crippen LogP contribution in [-0.4, -0.2) is 43.1 Å². The summed E-state index contributed by atoms with van der Waals surface area (Å²) >= 11 is 0. The first-order valence-electron chi connectivity index (χ1n) is 9.39. The number of urea groups is 1. The maximum atomic E-state index is 12.2. The van der Waals surface area contributed by atoms with Crippen LogP contribution >= 0.6 is 0 Å². The predicted molar refractivity (Wildman–Crippen MR) is 109 cm³/mol. The highest BCUT2D eigenvalue weighted by Gasteiger charge is 2.11. The normalized spacial score (nSPS) is 14.3. The number of nitrogens with one attached hydrogen (secondary N) is 3. The van der Waals surface area contributed by atoms with Crippen molar-refractivity contribution in [2.45, 2.75) is 20.0 Å². The zero-order chi connectivity index (χ0) is 19.8. The van der Waals surface area contributed by atoms with Gasteiger partial charge in [-0.2, -0.15) is 0 Å². The number of benzene rings is 2.